The molecular formula is C20H16Cl2N2O3. The maximum atomic E-state index is 6.34. The highest BCUT2D eigenvalue weighted by molar-refractivity contribution is 6.50. The molecule has 0 saturated carbocycles. The molecular weight excluding hydrogens is 387 g/mol. The monoisotopic (exact) mass is 402 g/mol. The number of ether oxygens (including phenoxy) is 2. The summed E-state index contributed by atoms with van der Waals surface area (Å²) >= 11 is 12.2. The summed E-state index contributed by atoms with van der Waals surface area (Å²) in [6.07, 6.45) is 3.37. The summed E-state index contributed by atoms with van der Waals surface area (Å²) in [7, 11) is 1.57. The molecule has 7 heteroatoms. The van der Waals surface area contributed by atoms with Gasteiger partial charge < -0.3 is 13.9 Å². The van der Waals surface area contributed by atoms with Crippen molar-refractivity contribution in [1.29, 1.82) is 0 Å². The number of hydrogen-bond donors (Lipinski definition) is 0. The SMILES string of the molecule is C=CCOc1ccc(/C=C(\Cl)c2nnc(-c3ccc(Cl)cc3)o2)cc1OC. The van der Waals surface area contributed by atoms with Crippen LogP contribution in [0.5, 0.6) is 11.5 Å². The first kappa shape index (κ1) is 19.0. The third kappa shape index (κ3) is 4.70. The Morgan fingerprint density at radius 2 is 1.93 bits per heavy atom. The summed E-state index contributed by atoms with van der Waals surface area (Å²) in [4.78, 5) is 0. The third-order valence-electron chi connectivity index (χ3n) is 3.56. The Bertz CT molecular complexity index is 966. The van der Waals surface area contributed by atoms with Crippen molar-refractivity contribution in [2.45, 2.75) is 0 Å². The van der Waals surface area contributed by atoms with Gasteiger partial charge in [-0.05, 0) is 48.0 Å². The van der Waals surface area contributed by atoms with Crippen molar-refractivity contribution >= 4 is 34.3 Å². The number of nitrogens with zero attached hydrogens (tertiary/aromatic N) is 2. The van der Waals surface area contributed by atoms with E-state index in [1.54, 1.807) is 55.7 Å². The molecule has 0 atom stereocenters. The molecule has 0 unspecified atom stereocenters. The molecule has 0 radical (unpaired) electrons. The van der Waals surface area contributed by atoms with Crippen LogP contribution in [0.1, 0.15) is 11.5 Å². The zero-order valence-electron chi connectivity index (χ0n) is 14.5. The average molecular weight is 403 g/mol. The van der Waals surface area contributed by atoms with Gasteiger partial charge >= 0.3 is 0 Å². The smallest absolute Gasteiger partial charge is 0.259 e. The van der Waals surface area contributed by atoms with Crippen LogP contribution < -0.4 is 9.47 Å². The van der Waals surface area contributed by atoms with E-state index in [9.17, 15) is 0 Å². The van der Waals surface area contributed by atoms with Crippen molar-refractivity contribution < 1.29 is 13.9 Å². The highest BCUT2D eigenvalue weighted by Gasteiger charge is 2.12. The zero-order chi connectivity index (χ0) is 19.2. The summed E-state index contributed by atoms with van der Waals surface area (Å²) in [5, 5.41) is 8.96. The Balaban J connectivity index is 1.83. The molecule has 0 amide bonds. The number of rotatable bonds is 7. The van der Waals surface area contributed by atoms with Crippen LogP contribution in [0.2, 0.25) is 5.02 Å². The molecule has 3 rings (SSSR count). The Kier molecular flexibility index (Phi) is 6.16. The van der Waals surface area contributed by atoms with Gasteiger partial charge in [0.1, 0.15) is 11.6 Å². The minimum Gasteiger partial charge on any atom is -0.493 e. The van der Waals surface area contributed by atoms with Gasteiger partial charge in [-0.3, -0.25) is 0 Å². The molecule has 5 nitrogen and oxygen atoms in total. The van der Waals surface area contributed by atoms with Gasteiger partial charge in [0, 0.05) is 10.6 Å². The molecule has 0 aliphatic heterocycles. The van der Waals surface area contributed by atoms with Crippen LogP contribution in [0, 0.1) is 0 Å². The van der Waals surface area contributed by atoms with E-state index >= 15 is 0 Å². The lowest BCUT2D eigenvalue weighted by Gasteiger charge is -2.09. The second-order valence-corrected chi connectivity index (χ2v) is 6.27. The van der Waals surface area contributed by atoms with Crippen LogP contribution >= 0.6 is 23.2 Å². The first-order chi connectivity index (χ1) is 13.1. The van der Waals surface area contributed by atoms with Gasteiger partial charge in [0.2, 0.25) is 5.89 Å². The molecule has 0 bridgehead atoms. The van der Waals surface area contributed by atoms with Crippen LogP contribution in [-0.2, 0) is 0 Å². The summed E-state index contributed by atoms with van der Waals surface area (Å²) in [6, 6.07) is 12.5. The fraction of sp³-hybridized carbons (Fsp3) is 0.100. The van der Waals surface area contributed by atoms with E-state index in [1.165, 1.54) is 0 Å². The van der Waals surface area contributed by atoms with Crippen molar-refractivity contribution in [2.75, 3.05) is 13.7 Å². The first-order valence-electron chi connectivity index (χ1n) is 7.99. The van der Waals surface area contributed by atoms with E-state index in [4.69, 9.17) is 37.1 Å². The fourth-order valence-electron chi connectivity index (χ4n) is 2.28. The van der Waals surface area contributed by atoms with Crippen molar-refractivity contribution in [1.82, 2.24) is 10.2 Å². The van der Waals surface area contributed by atoms with Gasteiger partial charge in [-0.15, -0.1) is 10.2 Å². The number of methoxy groups -OCH3 is 1. The van der Waals surface area contributed by atoms with Gasteiger partial charge in [0.15, 0.2) is 11.5 Å². The highest BCUT2D eigenvalue weighted by atomic mass is 35.5. The lowest BCUT2D eigenvalue weighted by Crippen LogP contribution is -1.96. The molecule has 1 heterocycles. The molecule has 0 N–H and O–H groups in total. The molecule has 2 aromatic carbocycles. The number of benzene rings is 2. The van der Waals surface area contributed by atoms with Crippen LogP contribution in [0.3, 0.4) is 0 Å². The fourth-order valence-corrected chi connectivity index (χ4v) is 2.61. The number of hydrogen-bond acceptors (Lipinski definition) is 5. The second kappa shape index (κ2) is 8.75. The third-order valence-corrected chi connectivity index (χ3v) is 4.08. The van der Waals surface area contributed by atoms with Crippen molar-refractivity contribution in [3.63, 3.8) is 0 Å². The summed E-state index contributed by atoms with van der Waals surface area (Å²) in [6.45, 7) is 4.02. The summed E-state index contributed by atoms with van der Waals surface area (Å²) in [5.41, 5.74) is 1.56. The summed E-state index contributed by atoms with van der Waals surface area (Å²) < 4.78 is 16.5. The maximum absolute atomic E-state index is 6.34. The molecule has 0 fully saturated rings. The average Bonchev–Trinajstić information content (AvgIpc) is 3.17. The maximum Gasteiger partial charge on any atom is 0.259 e. The standard InChI is InChI=1S/C20H16Cl2N2O3/c1-3-10-26-17-9-4-13(12-18(17)25-2)11-16(22)20-24-23-19(27-20)14-5-7-15(21)8-6-14/h3-9,11-12H,1,10H2,2H3/b16-11-. The Labute approximate surface area is 166 Å². The van der Waals surface area contributed by atoms with Crippen LogP contribution in [-0.4, -0.2) is 23.9 Å². The minimum atomic E-state index is 0.215. The Morgan fingerprint density at radius 1 is 1.15 bits per heavy atom. The zero-order valence-corrected chi connectivity index (χ0v) is 16.0. The van der Waals surface area contributed by atoms with Crippen molar-refractivity contribution in [3.8, 4) is 23.0 Å². The predicted molar refractivity (Wildman–Crippen MR) is 107 cm³/mol. The van der Waals surface area contributed by atoms with Crippen LogP contribution in [0.25, 0.3) is 22.6 Å². The normalized spacial score (nSPS) is 11.3. The lowest BCUT2D eigenvalue weighted by atomic mass is 10.2. The van der Waals surface area contributed by atoms with E-state index in [0.717, 1.165) is 11.1 Å². The van der Waals surface area contributed by atoms with Crippen LogP contribution in [0.15, 0.2) is 59.5 Å². The quantitative estimate of drug-likeness (QED) is 0.474. The molecule has 1 aromatic heterocycles. The number of aromatic nitrogens is 2. The van der Waals surface area contributed by atoms with Gasteiger partial charge in [-0.2, -0.15) is 0 Å². The second-order valence-electron chi connectivity index (χ2n) is 5.42. The van der Waals surface area contributed by atoms with Gasteiger partial charge in [0.05, 0.1) is 7.11 Å². The van der Waals surface area contributed by atoms with E-state index in [2.05, 4.69) is 16.8 Å². The van der Waals surface area contributed by atoms with E-state index in [1.807, 2.05) is 6.07 Å². The van der Waals surface area contributed by atoms with Gasteiger partial charge in [-0.25, -0.2) is 0 Å². The Hall–Kier alpha value is -2.76. The highest BCUT2D eigenvalue weighted by Crippen LogP contribution is 2.31. The topological polar surface area (TPSA) is 57.4 Å². The molecule has 0 saturated heterocycles. The molecule has 3 aromatic rings. The largest absolute Gasteiger partial charge is 0.493 e. The summed E-state index contributed by atoms with van der Waals surface area (Å²) in [5.74, 6) is 1.78. The van der Waals surface area contributed by atoms with E-state index in [-0.39, 0.29) is 5.89 Å². The molecule has 0 spiro atoms. The van der Waals surface area contributed by atoms with Crippen molar-refractivity contribution in [3.05, 3.63) is 71.6 Å². The van der Waals surface area contributed by atoms with Crippen LogP contribution in [0.4, 0.5) is 0 Å². The molecule has 27 heavy (non-hydrogen) atoms. The molecule has 0 aliphatic rings. The molecule has 0 aliphatic carbocycles. The lowest BCUT2D eigenvalue weighted by molar-refractivity contribution is 0.326. The minimum absolute atomic E-state index is 0.215. The number of halogens is 2. The van der Waals surface area contributed by atoms with E-state index in [0.29, 0.717) is 34.1 Å². The van der Waals surface area contributed by atoms with E-state index < -0.39 is 0 Å². The van der Waals surface area contributed by atoms with Gasteiger partial charge in [0.25, 0.3) is 5.89 Å². The Morgan fingerprint density at radius 3 is 2.63 bits per heavy atom. The van der Waals surface area contributed by atoms with Crippen molar-refractivity contribution in [2.24, 2.45) is 0 Å². The first-order valence-corrected chi connectivity index (χ1v) is 8.75. The predicted octanol–water partition coefficient (Wildman–Crippen LogP) is 5.70. The molecule has 138 valence electrons. The van der Waals surface area contributed by atoms with Gasteiger partial charge in [-0.1, -0.05) is 41.9 Å².